The third kappa shape index (κ3) is 6.18. The molecule has 4 heterocycles. The number of aliphatic carboxylic acids is 1. The topological polar surface area (TPSA) is 122 Å². The molecule has 2 N–H and O–H groups in total. The number of aryl methyl sites for hydroxylation is 2. The van der Waals surface area contributed by atoms with Crippen LogP contribution < -0.4 is 26.5 Å². The summed E-state index contributed by atoms with van der Waals surface area (Å²) in [6.07, 6.45) is -0.00875. The number of aliphatic imine (C=N–C) groups is 1. The minimum atomic E-state index is -1.10. The van der Waals surface area contributed by atoms with Gasteiger partial charge in [0.1, 0.15) is 0 Å². The number of hydrogen-bond acceptors (Lipinski definition) is 8. The molecule has 3 aromatic heterocycles. The molecule has 0 saturated carbocycles. The number of rotatable bonds is 8. The SMILES string of the molecule is Cc1sc2c(c1C)C(c1ccc(Cl)cc1)=NC([I-]c1ccc(-c3nc(CC(=O)NCC(=O)O)cs3)c(Cl)c1)c1nnc(C)n1-2. The molecular weight excluding hydrogens is 754 g/mol. The van der Waals surface area contributed by atoms with Crippen molar-refractivity contribution < 1.29 is 35.9 Å². The van der Waals surface area contributed by atoms with Crippen LogP contribution in [0.4, 0.5) is 0 Å². The van der Waals surface area contributed by atoms with Crippen LogP contribution in [0.25, 0.3) is 15.6 Å². The number of carbonyl (C=O) groups excluding carboxylic acids is 1. The Balaban J connectivity index is 1.33. The molecule has 0 bridgehead atoms. The normalized spacial score (nSPS) is 14.1. The van der Waals surface area contributed by atoms with Gasteiger partial charge in [0.2, 0.25) is 0 Å². The molecule has 1 atom stereocenters. The number of halogens is 3. The molecule has 226 valence electrons. The second-order valence-electron chi connectivity index (χ2n) is 9.95. The summed E-state index contributed by atoms with van der Waals surface area (Å²) in [5, 5.41) is 25.0. The molecule has 44 heavy (non-hydrogen) atoms. The van der Waals surface area contributed by atoms with Crippen molar-refractivity contribution in [2.75, 3.05) is 6.54 Å². The van der Waals surface area contributed by atoms with Gasteiger partial charge in [-0.25, -0.2) is 0 Å². The molecule has 0 fully saturated rings. The van der Waals surface area contributed by atoms with Gasteiger partial charge in [0.25, 0.3) is 0 Å². The number of nitrogens with zero attached hydrogens (tertiary/aromatic N) is 5. The first kappa shape index (κ1) is 30.8. The van der Waals surface area contributed by atoms with Gasteiger partial charge >= 0.3 is 273 Å². The van der Waals surface area contributed by atoms with E-state index in [0.29, 0.717) is 20.7 Å². The van der Waals surface area contributed by atoms with Crippen LogP contribution in [0.5, 0.6) is 0 Å². The van der Waals surface area contributed by atoms with Gasteiger partial charge in [-0.2, -0.15) is 0 Å². The zero-order chi connectivity index (χ0) is 31.1. The zero-order valence-corrected chi connectivity index (χ0v) is 28.9. The number of thiazole rings is 1. The number of fused-ring (bicyclic) bond motifs is 3. The second-order valence-corrected chi connectivity index (χ2v) is 15.9. The van der Waals surface area contributed by atoms with E-state index in [-0.39, 0.29) is 10.5 Å². The first-order valence-electron chi connectivity index (χ1n) is 13.3. The van der Waals surface area contributed by atoms with Crippen LogP contribution in [0.2, 0.25) is 10.0 Å². The number of aromatic nitrogens is 4. The van der Waals surface area contributed by atoms with Gasteiger partial charge in [0.05, 0.1) is 0 Å². The zero-order valence-electron chi connectivity index (χ0n) is 23.6. The van der Waals surface area contributed by atoms with Crippen molar-refractivity contribution >= 4 is 63.5 Å². The first-order valence-corrected chi connectivity index (χ1v) is 18.1. The summed E-state index contributed by atoms with van der Waals surface area (Å²) in [7, 11) is 0. The fraction of sp³-hybridized carbons (Fsp3) is 0.200. The van der Waals surface area contributed by atoms with Crippen molar-refractivity contribution in [3.63, 3.8) is 0 Å². The molecule has 0 spiro atoms. The maximum absolute atomic E-state index is 12.0. The predicted octanol–water partition coefficient (Wildman–Crippen LogP) is 3.24. The Hall–Kier alpha value is -3.17. The van der Waals surface area contributed by atoms with Crippen LogP contribution in [-0.2, 0) is 16.0 Å². The van der Waals surface area contributed by atoms with Crippen LogP contribution in [0.3, 0.4) is 0 Å². The van der Waals surface area contributed by atoms with E-state index in [1.807, 2.05) is 43.3 Å². The minimum absolute atomic E-state index is 0.00875. The van der Waals surface area contributed by atoms with Crippen LogP contribution in [0.1, 0.15) is 43.0 Å². The summed E-state index contributed by atoms with van der Waals surface area (Å²) in [4.78, 5) is 33.9. The number of benzene rings is 2. The quantitative estimate of drug-likeness (QED) is 0.142. The molecule has 6 rings (SSSR count). The number of alkyl halides is 1. The molecule has 1 unspecified atom stereocenters. The van der Waals surface area contributed by atoms with Gasteiger partial charge in [0, 0.05) is 0 Å². The van der Waals surface area contributed by atoms with Crippen molar-refractivity contribution in [3.8, 4) is 15.6 Å². The Bertz CT molecular complexity index is 1950. The molecule has 0 aliphatic carbocycles. The number of carbonyl (C=O) groups is 2. The Morgan fingerprint density at radius 2 is 1.86 bits per heavy atom. The Kier molecular flexibility index (Phi) is 8.88. The van der Waals surface area contributed by atoms with Crippen molar-refractivity contribution in [3.05, 3.63) is 100 Å². The van der Waals surface area contributed by atoms with Crippen LogP contribution in [-0.4, -0.2) is 49.0 Å². The molecule has 1 amide bonds. The van der Waals surface area contributed by atoms with Crippen LogP contribution in [0.15, 0.2) is 52.8 Å². The second kappa shape index (κ2) is 12.7. The van der Waals surface area contributed by atoms with E-state index in [9.17, 15) is 9.59 Å². The predicted molar refractivity (Wildman–Crippen MR) is 169 cm³/mol. The summed E-state index contributed by atoms with van der Waals surface area (Å²) < 4.78 is 3.01. The summed E-state index contributed by atoms with van der Waals surface area (Å²) in [5.41, 5.74) is 5.50. The number of carboxylic acid groups (broad SMARTS) is 1. The van der Waals surface area contributed by atoms with Gasteiger partial charge in [-0.15, -0.1) is 0 Å². The average molecular weight is 779 g/mol. The molecule has 2 aromatic carbocycles. The number of hydrogen-bond donors (Lipinski definition) is 2. The van der Waals surface area contributed by atoms with Crippen molar-refractivity contribution in [1.29, 1.82) is 0 Å². The number of nitrogens with one attached hydrogen (secondary N) is 1. The standard InChI is InChI=1S/C30H24Cl2IN6O3S2/c1-14-15(2)44-30-25(14)26(17-4-6-18(31)7-5-17)36-27(28-38-37-16(3)39(28)30)33-19-8-9-21(22(32)10-19)29-35-20(13-43-29)11-23(40)34-12-24(41)42/h4-10,13,27H,11-12H2,1-3H3,(H,34,40)(H,41,42)/q-1. The van der Waals surface area contributed by atoms with E-state index in [1.165, 1.54) is 21.8 Å². The van der Waals surface area contributed by atoms with Gasteiger partial charge in [-0.3, -0.25) is 4.79 Å². The number of thiophene rings is 1. The van der Waals surface area contributed by atoms with E-state index in [0.717, 1.165) is 42.6 Å². The van der Waals surface area contributed by atoms with E-state index in [1.54, 1.807) is 16.7 Å². The molecular formula is C30H24Cl2IN6O3S2-. The summed E-state index contributed by atoms with van der Waals surface area (Å²) in [6, 6.07) is 13.8. The monoisotopic (exact) mass is 777 g/mol. The number of amides is 1. The van der Waals surface area contributed by atoms with Crippen LogP contribution >= 0.6 is 45.9 Å². The van der Waals surface area contributed by atoms with Crippen molar-refractivity contribution in [2.24, 2.45) is 4.99 Å². The summed E-state index contributed by atoms with van der Waals surface area (Å²) >= 11 is 15.4. The van der Waals surface area contributed by atoms with Gasteiger partial charge in [-0.05, 0) is 0 Å². The van der Waals surface area contributed by atoms with E-state index >= 15 is 0 Å². The Morgan fingerprint density at radius 1 is 1.09 bits per heavy atom. The van der Waals surface area contributed by atoms with E-state index < -0.39 is 39.6 Å². The Morgan fingerprint density at radius 3 is 2.59 bits per heavy atom. The van der Waals surface area contributed by atoms with Gasteiger partial charge in [0.15, 0.2) is 0 Å². The maximum atomic E-state index is 12.0. The van der Waals surface area contributed by atoms with E-state index in [4.69, 9.17) is 33.3 Å². The molecule has 0 radical (unpaired) electrons. The van der Waals surface area contributed by atoms with Crippen LogP contribution in [0, 0.1) is 24.3 Å². The fourth-order valence-corrected chi connectivity index (χ4v) is 10.1. The Labute approximate surface area is 281 Å². The summed E-state index contributed by atoms with van der Waals surface area (Å²) in [6.45, 7) is 5.80. The first-order chi connectivity index (χ1) is 21.1. The van der Waals surface area contributed by atoms with Crippen molar-refractivity contribution in [2.45, 2.75) is 31.2 Å². The molecule has 1 aliphatic heterocycles. The van der Waals surface area contributed by atoms with Gasteiger partial charge < -0.3 is 5.11 Å². The third-order valence-electron chi connectivity index (χ3n) is 6.95. The van der Waals surface area contributed by atoms with Gasteiger partial charge in [-0.1, -0.05) is 0 Å². The average Bonchev–Trinajstić information content (AvgIpc) is 3.65. The summed E-state index contributed by atoms with van der Waals surface area (Å²) in [5.74, 6) is 0.126. The molecule has 0 saturated heterocycles. The fourth-order valence-electron chi connectivity index (χ4n) is 4.73. The molecule has 5 aromatic rings. The third-order valence-corrected chi connectivity index (χ3v) is 12.4. The van der Waals surface area contributed by atoms with Crippen molar-refractivity contribution in [1.82, 2.24) is 25.1 Å². The molecule has 9 nitrogen and oxygen atoms in total. The number of carboxylic acids is 1. The molecule has 14 heteroatoms. The van der Waals surface area contributed by atoms with E-state index in [2.05, 4.69) is 45.0 Å². The molecule has 1 aliphatic rings.